The van der Waals surface area contributed by atoms with Crippen molar-refractivity contribution < 1.29 is 14.3 Å². The predicted molar refractivity (Wildman–Crippen MR) is 104 cm³/mol. The number of hydrogen-bond donors (Lipinski definition) is 2. The average Bonchev–Trinajstić information content (AvgIpc) is 3.02. The Morgan fingerprint density at radius 3 is 2.37 bits per heavy atom. The highest BCUT2D eigenvalue weighted by Crippen LogP contribution is 2.36. The molecule has 2 N–H and O–H groups in total. The number of para-hydroxylation sites is 2. The van der Waals surface area contributed by atoms with Crippen LogP contribution >= 0.6 is 0 Å². The Labute approximate surface area is 157 Å². The SMILES string of the molecule is CC(C)(C)c1cc(N=NC(=O)c2ccccc2Nc2ccccc2)c(O)o1. The van der Waals surface area contributed by atoms with Gasteiger partial charge in [0.2, 0.25) is 0 Å². The van der Waals surface area contributed by atoms with Crippen molar-refractivity contribution in [2.24, 2.45) is 10.2 Å². The van der Waals surface area contributed by atoms with Gasteiger partial charge in [-0.3, -0.25) is 4.79 Å². The fourth-order valence-corrected chi connectivity index (χ4v) is 2.42. The summed E-state index contributed by atoms with van der Waals surface area (Å²) in [6.07, 6.45) is 0. The van der Waals surface area contributed by atoms with E-state index in [1.165, 1.54) is 0 Å². The minimum absolute atomic E-state index is 0.127. The van der Waals surface area contributed by atoms with Crippen LogP contribution in [0.1, 0.15) is 36.9 Å². The quantitative estimate of drug-likeness (QED) is 0.561. The topological polar surface area (TPSA) is 87.2 Å². The third-order valence-electron chi connectivity index (χ3n) is 3.89. The summed E-state index contributed by atoms with van der Waals surface area (Å²) in [5, 5.41) is 20.7. The molecule has 1 aromatic heterocycles. The second-order valence-electron chi connectivity index (χ2n) is 7.09. The fraction of sp³-hybridized carbons (Fsp3) is 0.190. The molecule has 0 fully saturated rings. The Kier molecular flexibility index (Phi) is 5.07. The second kappa shape index (κ2) is 7.45. The van der Waals surface area contributed by atoms with Gasteiger partial charge in [0, 0.05) is 17.2 Å². The van der Waals surface area contributed by atoms with Gasteiger partial charge in [-0.2, -0.15) is 0 Å². The van der Waals surface area contributed by atoms with Gasteiger partial charge in [0.15, 0.2) is 5.69 Å². The molecule has 0 spiro atoms. The molecule has 0 unspecified atom stereocenters. The lowest BCUT2D eigenvalue weighted by Gasteiger charge is -2.13. The summed E-state index contributed by atoms with van der Waals surface area (Å²) in [6, 6.07) is 18.2. The van der Waals surface area contributed by atoms with Gasteiger partial charge in [-0.05, 0) is 24.3 Å². The van der Waals surface area contributed by atoms with Gasteiger partial charge in [0.05, 0.1) is 11.3 Å². The third-order valence-corrected chi connectivity index (χ3v) is 3.89. The van der Waals surface area contributed by atoms with Gasteiger partial charge in [0.1, 0.15) is 5.76 Å². The summed E-state index contributed by atoms with van der Waals surface area (Å²) < 4.78 is 5.30. The molecule has 0 atom stereocenters. The van der Waals surface area contributed by atoms with E-state index in [2.05, 4.69) is 15.5 Å². The van der Waals surface area contributed by atoms with E-state index < -0.39 is 5.91 Å². The summed E-state index contributed by atoms with van der Waals surface area (Å²) in [6.45, 7) is 5.84. The third kappa shape index (κ3) is 4.41. The van der Waals surface area contributed by atoms with Crippen LogP contribution in [0.3, 0.4) is 0 Å². The first-order valence-corrected chi connectivity index (χ1v) is 8.55. The summed E-state index contributed by atoms with van der Waals surface area (Å²) in [7, 11) is 0. The van der Waals surface area contributed by atoms with E-state index in [-0.39, 0.29) is 17.0 Å². The number of nitrogens with zero attached hydrogens (tertiary/aromatic N) is 2. The second-order valence-corrected chi connectivity index (χ2v) is 7.09. The standard InChI is InChI=1S/C21H21N3O3/c1-21(2,3)18-13-17(20(26)27-18)23-24-19(25)15-11-7-8-12-16(15)22-14-9-5-4-6-10-14/h4-13,22,26H,1-3H3. The van der Waals surface area contributed by atoms with Crippen molar-refractivity contribution >= 4 is 23.0 Å². The smallest absolute Gasteiger partial charge is 0.311 e. The maximum absolute atomic E-state index is 12.5. The van der Waals surface area contributed by atoms with E-state index in [1.54, 1.807) is 24.3 Å². The van der Waals surface area contributed by atoms with Gasteiger partial charge in [-0.15, -0.1) is 10.2 Å². The molecule has 138 valence electrons. The monoisotopic (exact) mass is 363 g/mol. The first-order chi connectivity index (χ1) is 12.8. The zero-order valence-corrected chi connectivity index (χ0v) is 15.4. The van der Waals surface area contributed by atoms with Crippen molar-refractivity contribution in [2.45, 2.75) is 26.2 Å². The molecule has 0 aliphatic carbocycles. The molecule has 3 aromatic rings. The molecule has 0 saturated heterocycles. The van der Waals surface area contributed by atoms with E-state index >= 15 is 0 Å². The van der Waals surface area contributed by atoms with Crippen LogP contribution in [0.25, 0.3) is 0 Å². The lowest BCUT2D eigenvalue weighted by atomic mass is 9.93. The minimum Gasteiger partial charge on any atom is -0.479 e. The van der Waals surface area contributed by atoms with Crippen LogP contribution in [0.2, 0.25) is 0 Å². The van der Waals surface area contributed by atoms with Gasteiger partial charge in [-0.25, -0.2) is 0 Å². The van der Waals surface area contributed by atoms with Crippen LogP contribution < -0.4 is 5.32 Å². The van der Waals surface area contributed by atoms with Gasteiger partial charge >= 0.3 is 5.95 Å². The molecule has 0 saturated carbocycles. The summed E-state index contributed by atoms with van der Waals surface area (Å²) >= 11 is 0. The highest BCUT2D eigenvalue weighted by atomic mass is 16.5. The molecule has 3 rings (SSSR count). The van der Waals surface area contributed by atoms with Gasteiger partial charge in [0.25, 0.3) is 5.91 Å². The number of aromatic hydroxyl groups is 1. The van der Waals surface area contributed by atoms with E-state index in [0.29, 0.717) is 17.0 Å². The minimum atomic E-state index is -0.521. The Hall–Kier alpha value is -3.41. The lowest BCUT2D eigenvalue weighted by Crippen LogP contribution is -2.08. The molecular formula is C21H21N3O3. The number of benzene rings is 2. The van der Waals surface area contributed by atoms with E-state index in [9.17, 15) is 9.90 Å². The molecule has 0 aliphatic rings. The maximum Gasteiger partial charge on any atom is 0.311 e. The zero-order chi connectivity index (χ0) is 19.4. The molecule has 2 aromatic carbocycles. The van der Waals surface area contributed by atoms with Gasteiger partial charge in [-0.1, -0.05) is 51.1 Å². The molecule has 0 aliphatic heterocycles. The van der Waals surface area contributed by atoms with Gasteiger partial charge < -0.3 is 14.8 Å². The first-order valence-electron chi connectivity index (χ1n) is 8.55. The van der Waals surface area contributed by atoms with Crippen molar-refractivity contribution in [3.8, 4) is 5.95 Å². The molecule has 6 nitrogen and oxygen atoms in total. The molecule has 0 bridgehead atoms. The Morgan fingerprint density at radius 2 is 1.70 bits per heavy atom. The lowest BCUT2D eigenvalue weighted by molar-refractivity contribution is 0.0996. The molecule has 0 radical (unpaired) electrons. The van der Waals surface area contributed by atoms with Crippen LogP contribution in [0.15, 0.2) is 75.3 Å². The number of carbonyl (C=O) groups excluding carboxylic acids is 1. The molecule has 1 heterocycles. The van der Waals surface area contributed by atoms with Crippen LogP contribution in [0.5, 0.6) is 5.95 Å². The van der Waals surface area contributed by atoms with Crippen molar-refractivity contribution in [3.63, 3.8) is 0 Å². The van der Waals surface area contributed by atoms with Crippen molar-refractivity contribution in [3.05, 3.63) is 72.0 Å². The van der Waals surface area contributed by atoms with E-state index in [4.69, 9.17) is 4.42 Å². The Balaban J connectivity index is 1.83. The van der Waals surface area contributed by atoms with Crippen molar-refractivity contribution in [2.75, 3.05) is 5.32 Å². The normalized spacial score (nSPS) is 11.7. The highest BCUT2D eigenvalue weighted by Gasteiger charge is 2.22. The van der Waals surface area contributed by atoms with E-state index in [1.807, 2.05) is 57.2 Å². The zero-order valence-electron chi connectivity index (χ0n) is 15.4. The molecule has 6 heteroatoms. The number of nitrogens with one attached hydrogen (secondary N) is 1. The maximum atomic E-state index is 12.5. The van der Waals surface area contributed by atoms with Crippen LogP contribution in [-0.2, 0) is 5.41 Å². The fourth-order valence-electron chi connectivity index (χ4n) is 2.42. The number of furan rings is 1. The number of hydrogen-bond acceptors (Lipinski definition) is 5. The van der Waals surface area contributed by atoms with Crippen molar-refractivity contribution in [1.82, 2.24) is 0 Å². The first kappa shape index (κ1) is 18.4. The largest absolute Gasteiger partial charge is 0.479 e. The Bertz CT molecular complexity index is 970. The molecule has 27 heavy (non-hydrogen) atoms. The number of rotatable bonds is 4. The summed E-state index contributed by atoms with van der Waals surface area (Å²) in [4.78, 5) is 12.5. The number of azo groups is 1. The number of amides is 1. The van der Waals surface area contributed by atoms with Crippen LogP contribution in [0, 0.1) is 0 Å². The number of anilines is 2. The van der Waals surface area contributed by atoms with Crippen LogP contribution in [0.4, 0.5) is 17.1 Å². The molecular weight excluding hydrogens is 342 g/mol. The summed E-state index contributed by atoms with van der Waals surface area (Å²) in [5.74, 6) is -0.313. The molecule has 1 amide bonds. The Morgan fingerprint density at radius 1 is 1.04 bits per heavy atom. The predicted octanol–water partition coefficient (Wildman–Crippen LogP) is 5.95. The van der Waals surface area contributed by atoms with Crippen molar-refractivity contribution in [1.29, 1.82) is 0 Å². The number of carbonyl (C=O) groups is 1. The van der Waals surface area contributed by atoms with Crippen LogP contribution in [-0.4, -0.2) is 11.0 Å². The summed E-state index contributed by atoms with van der Waals surface area (Å²) in [5.41, 5.74) is 1.70. The highest BCUT2D eigenvalue weighted by molar-refractivity contribution is 6.00. The average molecular weight is 363 g/mol. The van der Waals surface area contributed by atoms with E-state index in [0.717, 1.165) is 5.69 Å².